The lowest BCUT2D eigenvalue weighted by molar-refractivity contribution is -0.181. The van der Waals surface area contributed by atoms with Crippen LogP contribution in [0.2, 0.25) is 5.02 Å². The minimum atomic E-state index is -3.12. The fourth-order valence-corrected chi connectivity index (χ4v) is 4.12. The van der Waals surface area contributed by atoms with E-state index in [9.17, 15) is 8.42 Å². The molecule has 5 nitrogen and oxygen atoms in total. The lowest BCUT2D eigenvalue weighted by Crippen LogP contribution is -2.64. The second kappa shape index (κ2) is 6.69. The molecule has 1 spiro atoms. The maximum absolute atomic E-state index is 11.1. The molecule has 7 heteroatoms. The second-order valence-corrected chi connectivity index (χ2v) is 9.06. The van der Waals surface area contributed by atoms with Crippen molar-refractivity contribution in [2.75, 3.05) is 32.5 Å². The molecule has 0 saturated carbocycles. The van der Waals surface area contributed by atoms with Crippen LogP contribution in [0.5, 0.6) is 0 Å². The number of ether oxygens (including phenoxy) is 1. The highest BCUT2D eigenvalue weighted by atomic mass is 35.5. The van der Waals surface area contributed by atoms with Crippen molar-refractivity contribution in [2.24, 2.45) is 5.92 Å². The molecule has 0 radical (unpaired) electrons. The molecule has 3 rings (SSSR count). The molecule has 23 heavy (non-hydrogen) atoms. The third kappa shape index (κ3) is 4.67. The molecule has 0 aromatic heterocycles. The van der Waals surface area contributed by atoms with Crippen molar-refractivity contribution >= 4 is 21.6 Å². The van der Waals surface area contributed by atoms with E-state index in [2.05, 4.69) is 15.7 Å². The fraction of sp³-hybridized carbons (Fsp3) is 0.625. The molecular formula is C16H23ClN2O3S. The summed E-state index contributed by atoms with van der Waals surface area (Å²) in [5, 5.41) is 0.771. The number of sulfonamides is 1. The first-order valence-electron chi connectivity index (χ1n) is 7.89. The van der Waals surface area contributed by atoms with Gasteiger partial charge in [-0.05, 0) is 36.5 Å². The third-order valence-electron chi connectivity index (χ3n) is 4.59. The van der Waals surface area contributed by atoms with Crippen molar-refractivity contribution in [3.63, 3.8) is 0 Å². The molecule has 0 unspecified atom stereocenters. The molecule has 128 valence electrons. The van der Waals surface area contributed by atoms with E-state index in [0.717, 1.165) is 37.5 Å². The van der Waals surface area contributed by atoms with Crippen molar-refractivity contribution in [3.05, 3.63) is 34.9 Å². The minimum Gasteiger partial charge on any atom is -0.372 e. The fourth-order valence-electron chi connectivity index (χ4n) is 3.37. The van der Waals surface area contributed by atoms with Gasteiger partial charge in [-0.25, -0.2) is 13.1 Å². The molecule has 0 bridgehead atoms. The number of benzene rings is 1. The second-order valence-electron chi connectivity index (χ2n) is 6.79. The van der Waals surface area contributed by atoms with E-state index in [1.807, 2.05) is 18.2 Å². The molecule has 2 heterocycles. The van der Waals surface area contributed by atoms with E-state index < -0.39 is 10.0 Å². The van der Waals surface area contributed by atoms with Crippen LogP contribution in [-0.4, -0.2) is 51.4 Å². The lowest BCUT2D eigenvalue weighted by Gasteiger charge is -2.53. The van der Waals surface area contributed by atoms with E-state index in [-0.39, 0.29) is 11.5 Å². The van der Waals surface area contributed by atoms with Gasteiger partial charge in [0.2, 0.25) is 10.0 Å². The third-order valence-corrected chi connectivity index (χ3v) is 5.51. The molecule has 2 saturated heterocycles. The molecule has 1 N–H and O–H groups in total. The van der Waals surface area contributed by atoms with Crippen LogP contribution in [0, 0.1) is 5.92 Å². The summed E-state index contributed by atoms with van der Waals surface area (Å²) in [5.41, 5.74) is 1.19. The van der Waals surface area contributed by atoms with Crippen LogP contribution in [0.15, 0.2) is 24.3 Å². The Kier molecular flexibility index (Phi) is 4.99. The summed E-state index contributed by atoms with van der Waals surface area (Å²) >= 11 is 6.02. The molecule has 2 fully saturated rings. The SMILES string of the molecule is CS(=O)(=O)NC[C@@H]1CCC2(CN(Cc3cccc(Cl)c3)C2)OC1. The topological polar surface area (TPSA) is 58.6 Å². The van der Waals surface area contributed by atoms with Crippen LogP contribution >= 0.6 is 11.6 Å². The number of hydrogen-bond donors (Lipinski definition) is 1. The molecule has 2 aliphatic rings. The van der Waals surface area contributed by atoms with Crippen LogP contribution < -0.4 is 4.72 Å². The maximum atomic E-state index is 11.1. The van der Waals surface area contributed by atoms with Crippen LogP contribution in [0.4, 0.5) is 0 Å². The van der Waals surface area contributed by atoms with Gasteiger partial charge in [0.05, 0.1) is 18.5 Å². The molecule has 2 aliphatic heterocycles. The standard InChI is InChI=1S/C16H23ClN2O3S/c1-23(20,21)18-8-14-5-6-16(22-10-14)11-19(12-16)9-13-3-2-4-15(17)7-13/h2-4,7,14,18H,5-6,8-12H2,1H3/t14-/m0/s1. The van der Waals surface area contributed by atoms with E-state index >= 15 is 0 Å². The quantitative estimate of drug-likeness (QED) is 0.873. The maximum Gasteiger partial charge on any atom is 0.208 e. The van der Waals surface area contributed by atoms with Crippen molar-refractivity contribution in [1.29, 1.82) is 0 Å². The summed E-state index contributed by atoms with van der Waals surface area (Å²) in [6, 6.07) is 7.95. The summed E-state index contributed by atoms with van der Waals surface area (Å²) in [4.78, 5) is 2.36. The zero-order valence-electron chi connectivity index (χ0n) is 13.3. The Morgan fingerprint density at radius 1 is 1.43 bits per heavy atom. The molecular weight excluding hydrogens is 336 g/mol. The van der Waals surface area contributed by atoms with Gasteiger partial charge in [-0.2, -0.15) is 0 Å². The smallest absolute Gasteiger partial charge is 0.208 e. The van der Waals surface area contributed by atoms with Gasteiger partial charge in [-0.15, -0.1) is 0 Å². The van der Waals surface area contributed by atoms with E-state index in [4.69, 9.17) is 16.3 Å². The summed E-state index contributed by atoms with van der Waals surface area (Å²) in [7, 11) is -3.12. The Balaban J connectivity index is 1.43. The van der Waals surface area contributed by atoms with Crippen molar-refractivity contribution in [2.45, 2.75) is 25.0 Å². The number of likely N-dealkylation sites (tertiary alicyclic amines) is 1. The van der Waals surface area contributed by atoms with Crippen molar-refractivity contribution in [1.82, 2.24) is 9.62 Å². The van der Waals surface area contributed by atoms with Gasteiger partial charge in [0, 0.05) is 31.2 Å². The number of hydrogen-bond acceptors (Lipinski definition) is 4. The molecule has 0 aliphatic carbocycles. The Morgan fingerprint density at radius 2 is 2.22 bits per heavy atom. The molecule has 0 amide bonds. The zero-order valence-corrected chi connectivity index (χ0v) is 14.9. The predicted molar refractivity (Wildman–Crippen MR) is 91.0 cm³/mol. The summed E-state index contributed by atoms with van der Waals surface area (Å²) in [6.45, 7) is 3.87. The van der Waals surface area contributed by atoms with Crippen molar-refractivity contribution in [3.8, 4) is 0 Å². The highest BCUT2D eigenvalue weighted by Gasteiger charge is 2.46. The largest absolute Gasteiger partial charge is 0.372 e. The molecule has 1 aromatic carbocycles. The highest BCUT2D eigenvalue weighted by Crippen LogP contribution is 2.36. The summed E-state index contributed by atoms with van der Waals surface area (Å²) in [6.07, 6.45) is 3.19. The van der Waals surface area contributed by atoms with E-state index in [0.29, 0.717) is 13.2 Å². The van der Waals surface area contributed by atoms with Crippen molar-refractivity contribution < 1.29 is 13.2 Å². The number of halogens is 1. The Labute approximate surface area is 143 Å². The lowest BCUT2D eigenvalue weighted by atomic mass is 9.83. The average Bonchev–Trinajstić information content (AvgIpc) is 2.44. The van der Waals surface area contributed by atoms with Crippen LogP contribution in [0.3, 0.4) is 0 Å². The highest BCUT2D eigenvalue weighted by molar-refractivity contribution is 7.88. The number of rotatable bonds is 5. The van der Waals surface area contributed by atoms with Gasteiger partial charge < -0.3 is 4.74 Å². The number of nitrogens with zero attached hydrogens (tertiary/aromatic N) is 1. The first-order chi connectivity index (χ1) is 10.8. The van der Waals surface area contributed by atoms with Gasteiger partial charge in [0.25, 0.3) is 0 Å². The average molecular weight is 359 g/mol. The first kappa shape index (κ1) is 17.2. The van der Waals surface area contributed by atoms with Gasteiger partial charge >= 0.3 is 0 Å². The molecule has 1 atom stereocenters. The monoisotopic (exact) mass is 358 g/mol. The normalized spacial score (nSPS) is 24.5. The molecule has 1 aromatic rings. The first-order valence-corrected chi connectivity index (χ1v) is 10.2. The van der Waals surface area contributed by atoms with E-state index in [1.54, 1.807) is 0 Å². The Hall–Kier alpha value is -0.660. The van der Waals surface area contributed by atoms with Gasteiger partial charge in [0.1, 0.15) is 0 Å². The van der Waals surface area contributed by atoms with E-state index in [1.165, 1.54) is 11.8 Å². The Bertz CT molecular complexity index is 649. The van der Waals surface area contributed by atoms with Gasteiger partial charge in [-0.1, -0.05) is 23.7 Å². The van der Waals surface area contributed by atoms with Crippen LogP contribution in [0.25, 0.3) is 0 Å². The van der Waals surface area contributed by atoms with Crippen LogP contribution in [-0.2, 0) is 21.3 Å². The Morgan fingerprint density at radius 3 is 2.83 bits per heavy atom. The predicted octanol–water partition coefficient (Wildman–Crippen LogP) is 1.87. The summed E-state index contributed by atoms with van der Waals surface area (Å²) in [5.74, 6) is 0.275. The van der Waals surface area contributed by atoms with Gasteiger partial charge in [-0.3, -0.25) is 4.90 Å². The summed E-state index contributed by atoms with van der Waals surface area (Å²) < 4.78 is 30.9. The van der Waals surface area contributed by atoms with Crippen LogP contribution in [0.1, 0.15) is 18.4 Å². The number of nitrogens with one attached hydrogen (secondary N) is 1. The minimum absolute atomic E-state index is 0.0276. The zero-order chi connectivity index (χ0) is 16.5. The van der Waals surface area contributed by atoms with Gasteiger partial charge in [0.15, 0.2) is 0 Å².